The Hall–Kier alpha value is -3.85. The van der Waals surface area contributed by atoms with Crippen LogP contribution >= 0.6 is 11.6 Å². The number of aromatic nitrogens is 4. The fourth-order valence-corrected chi connectivity index (χ4v) is 10.4. The number of hydrogen-bond donors (Lipinski definition) is 2. The lowest BCUT2D eigenvalue weighted by Gasteiger charge is -2.33. The molecule has 284 valence electrons. The molecule has 0 bridgehead atoms. The lowest BCUT2D eigenvalue weighted by molar-refractivity contribution is 0.0130. The highest BCUT2D eigenvalue weighted by Crippen LogP contribution is 3.02. The minimum Gasteiger partial charge on any atom is -0.477 e. The van der Waals surface area contributed by atoms with Crippen molar-refractivity contribution in [2.24, 2.45) is 16.7 Å². The molecule has 4 heterocycles. The summed E-state index contributed by atoms with van der Waals surface area (Å²) in [6.07, 6.45) is 10.4. The summed E-state index contributed by atoms with van der Waals surface area (Å²) >= 11 is 6.38. The van der Waals surface area contributed by atoms with Crippen LogP contribution < -0.4 is 14.8 Å². The predicted molar refractivity (Wildman–Crippen MR) is 203 cm³/mol. The third kappa shape index (κ3) is 7.11. The van der Waals surface area contributed by atoms with Crippen LogP contribution in [0.15, 0.2) is 47.6 Å². The number of carbonyl (C=O) groups excluding carboxylic acids is 2. The van der Waals surface area contributed by atoms with Crippen LogP contribution in [0.1, 0.15) is 96.3 Å². The lowest BCUT2D eigenvalue weighted by Crippen LogP contribution is -2.45. The van der Waals surface area contributed by atoms with Gasteiger partial charge in [0, 0.05) is 30.9 Å². The highest BCUT2D eigenvalue weighted by Gasteiger charge is 2.91. The molecule has 2 amide bonds. The Morgan fingerprint density at radius 2 is 1.77 bits per heavy atom. The van der Waals surface area contributed by atoms with Crippen molar-refractivity contribution in [3.63, 3.8) is 0 Å². The van der Waals surface area contributed by atoms with Crippen LogP contribution in [-0.4, -0.2) is 83.7 Å². The van der Waals surface area contributed by atoms with Crippen LogP contribution in [0, 0.1) is 16.7 Å². The number of nitrogens with zero attached hydrogens (tertiary/aromatic N) is 5. The predicted octanol–water partition coefficient (Wildman–Crippen LogP) is 5.80. The molecule has 4 aliphatic rings. The van der Waals surface area contributed by atoms with Crippen molar-refractivity contribution in [1.29, 1.82) is 0 Å². The Bertz CT molecular complexity index is 2010. The van der Waals surface area contributed by atoms with E-state index in [4.69, 9.17) is 21.1 Å². The first kappa shape index (κ1) is 37.5. The molecule has 0 aromatic carbocycles. The number of likely N-dealkylation sites (tertiary alicyclic amines) is 1. The molecule has 3 saturated carbocycles. The minimum absolute atomic E-state index is 0.113. The highest BCUT2D eigenvalue weighted by atomic mass is 35.5. The van der Waals surface area contributed by atoms with E-state index in [2.05, 4.69) is 46.8 Å². The number of ether oxygens (including phenoxy) is 2. The van der Waals surface area contributed by atoms with Crippen molar-refractivity contribution in [2.75, 3.05) is 25.0 Å². The molecule has 0 unspecified atom stereocenters. The van der Waals surface area contributed by atoms with Gasteiger partial charge in [-0.1, -0.05) is 17.7 Å². The maximum atomic E-state index is 13.2. The monoisotopic (exact) mass is 765 g/mol. The maximum absolute atomic E-state index is 13.2. The van der Waals surface area contributed by atoms with Crippen LogP contribution in [-0.2, 0) is 14.8 Å². The van der Waals surface area contributed by atoms with Crippen LogP contribution in [0.3, 0.4) is 0 Å². The van der Waals surface area contributed by atoms with E-state index in [1.165, 1.54) is 48.6 Å². The zero-order valence-corrected chi connectivity index (χ0v) is 32.9. The molecule has 3 aromatic rings. The van der Waals surface area contributed by atoms with Crippen LogP contribution in [0.4, 0.5) is 10.6 Å². The third-order valence-corrected chi connectivity index (χ3v) is 13.6. The van der Waals surface area contributed by atoms with Crippen LogP contribution in [0.2, 0.25) is 10.5 Å². The molecule has 2 N–H and O–H groups in total. The summed E-state index contributed by atoms with van der Waals surface area (Å²) in [6, 6.07) is 9.22. The smallest absolute Gasteiger partial charge is 0.410 e. The van der Waals surface area contributed by atoms with Crippen molar-refractivity contribution in [3.05, 3.63) is 53.3 Å². The first-order valence-electron chi connectivity index (χ1n) is 18.5. The number of carbonyl (C=O) groups is 2. The van der Waals surface area contributed by atoms with E-state index in [1.54, 1.807) is 24.4 Å². The molecule has 1 atom stereocenters. The standard InChI is InChI=1S/C37H49BClN7O6S/c1-33(2,3)52-32(48)45-23-24(22-34(45,4)5)8-7-19-40-26-9-6-10-29(41-26)53(49,50)44-31(47)25-11-12-27(42-30(25)39)46-20-13-28(43-46)51-21-18-37(38)35(14-15-35)36(37)16-17-36/h6,9-13,20,24H,7-8,14-19,21-23,38H2,1-5H3,(H,40,41)(H,44,47)/t24-/m0/s1. The summed E-state index contributed by atoms with van der Waals surface area (Å²) in [5.74, 6) is 0.558. The molecule has 53 heavy (non-hydrogen) atoms. The van der Waals surface area contributed by atoms with Gasteiger partial charge in [-0.2, -0.15) is 8.42 Å². The number of fused-ring (bicyclic) bond motifs is 1. The van der Waals surface area contributed by atoms with Gasteiger partial charge in [-0.05, 0) is 132 Å². The number of nitrogens with one attached hydrogen (secondary N) is 2. The lowest BCUT2D eigenvalue weighted by atomic mass is 9.75. The second kappa shape index (κ2) is 13.2. The molecule has 13 nitrogen and oxygen atoms in total. The molecule has 4 fully saturated rings. The molecule has 1 saturated heterocycles. The quantitative estimate of drug-likeness (QED) is 0.124. The summed E-state index contributed by atoms with van der Waals surface area (Å²) in [5, 5.41) is 7.53. The number of sulfonamides is 1. The number of rotatable bonds is 13. The van der Waals surface area contributed by atoms with Gasteiger partial charge in [-0.3, -0.25) is 4.79 Å². The molecule has 7 rings (SSSR count). The summed E-state index contributed by atoms with van der Waals surface area (Å²) < 4.78 is 41.5. The van der Waals surface area contributed by atoms with Gasteiger partial charge < -0.3 is 19.7 Å². The van der Waals surface area contributed by atoms with E-state index < -0.39 is 21.5 Å². The number of hydrogen-bond acceptors (Lipinski definition) is 10. The summed E-state index contributed by atoms with van der Waals surface area (Å²) in [5.41, 5.74) is 0.192. The highest BCUT2D eigenvalue weighted by molar-refractivity contribution is 7.90. The average molecular weight is 766 g/mol. The third-order valence-electron chi connectivity index (χ3n) is 12.1. The van der Waals surface area contributed by atoms with Gasteiger partial charge in [0.2, 0.25) is 5.88 Å². The van der Waals surface area contributed by atoms with E-state index in [0.29, 0.717) is 59.3 Å². The van der Waals surface area contributed by atoms with E-state index in [0.717, 1.165) is 25.7 Å². The first-order valence-corrected chi connectivity index (χ1v) is 20.4. The minimum atomic E-state index is -4.33. The van der Waals surface area contributed by atoms with Crippen molar-refractivity contribution in [1.82, 2.24) is 29.4 Å². The van der Waals surface area contributed by atoms with Crippen molar-refractivity contribution in [3.8, 4) is 11.7 Å². The van der Waals surface area contributed by atoms with Crippen LogP contribution in [0.5, 0.6) is 5.88 Å². The van der Waals surface area contributed by atoms with E-state index in [1.807, 2.05) is 25.7 Å². The molecule has 16 heteroatoms. The van der Waals surface area contributed by atoms with Crippen LogP contribution in [0.25, 0.3) is 5.82 Å². The zero-order valence-electron chi connectivity index (χ0n) is 31.4. The summed E-state index contributed by atoms with van der Waals surface area (Å²) in [6.45, 7) is 11.5. The summed E-state index contributed by atoms with van der Waals surface area (Å²) in [7, 11) is -1.92. The fourth-order valence-electron chi connectivity index (χ4n) is 9.24. The molecule has 3 aliphatic carbocycles. The van der Waals surface area contributed by atoms with Crippen molar-refractivity contribution >= 4 is 47.3 Å². The van der Waals surface area contributed by atoms with Gasteiger partial charge in [0.15, 0.2) is 10.8 Å². The number of amides is 2. The Labute approximate surface area is 317 Å². The molecular weight excluding hydrogens is 717 g/mol. The van der Waals surface area contributed by atoms with Gasteiger partial charge in [0.05, 0.1) is 12.2 Å². The van der Waals surface area contributed by atoms with Crippen molar-refractivity contribution in [2.45, 2.75) is 107 Å². The van der Waals surface area contributed by atoms with E-state index >= 15 is 0 Å². The number of halogens is 1. The van der Waals surface area contributed by atoms with Gasteiger partial charge in [0.1, 0.15) is 24.4 Å². The fraction of sp³-hybridized carbons (Fsp3) is 0.595. The normalized spacial score (nSPS) is 21.3. The summed E-state index contributed by atoms with van der Waals surface area (Å²) in [4.78, 5) is 36.2. The molecule has 3 aromatic heterocycles. The van der Waals surface area contributed by atoms with E-state index in [9.17, 15) is 18.0 Å². The largest absolute Gasteiger partial charge is 0.477 e. The van der Waals surface area contributed by atoms with Gasteiger partial charge in [0.25, 0.3) is 15.9 Å². The van der Waals surface area contributed by atoms with Crippen molar-refractivity contribution < 1.29 is 27.5 Å². The van der Waals surface area contributed by atoms with Gasteiger partial charge in [-0.25, -0.2) is 24.2 Å². The zero-order chi connectivity index (χ0) is 38.0. The Kier molecular flexibility index (Phi) is 9.31. The average Bonchev–Trinajstić information content (AvgIpc) is 4.02. The first-order chi connectivity index (χ1) is 24.9. The van der Waals surface area contributed by atoms with E-state index in [-0.39, 0.29) is 27.4 Å². The Morgan fingerprint density at radius 3 is 2.43 bits per heavy atom. The molecule has 0 radical (unpaired) electrons. The molecule has 1 aliphatic heterocycles. The Morgan fingerprint density at radius 1 is 1.06 bits per heavy atom. The molecule has 2 spiro atoms. The second-order valence-electron chi connectivity index (χ2n) is 17.0. The number of anilines is 1. The topological polar surface area (TPSA) is 158 Å². The maximum Gasteiger partial charge on any atom is 0.410 e. The number of pyridine rings is 2. The molecular formula is C37H49BClN7O6S. The second-order valence-corrected chi connectivity index (χ2v) is 19.0. The Balaban J connectivity index is 0.887. The van der Waals surface area contributed by atoms with Gasteiger partial charge in [-0.15, -0.1) is 5.10 Å². The van der Waals surface area contributed by atoms with Gasteiger partial charge >= 0.3 is 6.09 Å². The SMILES string of the molecule is BC1(CCOc2ccn(-c3ccc(C(=O)NS(=O)(=O)c4cccc(NCCC[C@@H]5CN(C(=O)OC(C)(C)C)C(C)(C)C5)n4)c(Cl)n3)n2)C2(CC2)C12CC2.